The second-order valence-electron chi connectivity index (χ2n) is 5.14. The molecule has 0 aliphatic rings. The fourth-order valence-corrected chi connectivity index (χ4v) is 2.93. The van der Waals surface area contributed by atoms with Crippen molar-refractivity contribution < 1.29 is 4.79 Å². The van der Waals surface area contributed by atoms with E-state index in [0.717, 1.165) is 17.0 Å². The average Bonchev–Trinajstić information content (AvgIpc) is 3.26. The lowest BCUT2D eigenvalue weighted by atomic mass is 10.1. The van der Waals surface area contributed by atoms with Crippen LogP contribution in [0.5, 0.6) is 0 Å². The molecule has 0 saturated heterocycles. The predicted octanol–water partition coefficient (Wildman–Crippen LogP) is 2.86. The molecule has 3 rings (SSSR count). The lowest BCUT2D eigenvalue weighted by molar-refractivity contribution is 0.246. The van der Waals surface area contributed by atoms with Crippen molar-refractivity contribution in [2.45, 2.75) is 25.9 Å². The standard InChI is InChI=1S/C16H18N6OS/c1-2-14-20-21-16(24-14)19-15(23)18-13(11-22-10-6-9-17-22)12-7-4-3-5-8-12/h3-10,13H,2,11H2,1H3,(H2,18,19,21,23). The Bertz CT molecular complexity index is 771. The van der Waals surface area contributed by atoms with Crippen LogP contribution < -0.4 is 10.6 Å². The van der Waals surface area contributed by atoms with Gasteiger partial charge in [0.2, 0.25) is 5.13 Å². The second kappa shape index (κ2) is 7.69. The molecule has 2 N–H and O–H groups in total. The molecule has 1 unspecified atom stereocenters. The molecule has 0 aliphatic heterocycles. The quantitative estimate of drug-likeness (QED) is 0.721. The minimum atomic E-state index is -0.310. The Hall–Kier alpha value is -2.74. The monoisotopic (exact) mass is 342 g/mol. The van der Waals surface area contributed by atoms with Crippen molar-refractivity contribution in [2.75, 3.05) is 5.32 Å². The number of amides is 2. The van der Waals surface area contributed by atoms with Gasteiger partial charge in [-0.1, -0.05) is 48.6 Å². The van der Waals surface area contributed by atoms with Gasteiger partial charge < -0.3 is 5.32 Å². The summed E-state index contributed by atoms with van der Waals surface area (Å²) in [5.74, 6) is 0. The van der Waals surface area contributed by atoms with E-state index in [1.807, 2.05) is 49.5 Å². The number of nitrogens with one attached hydrogen (secondary N) is 2. The van der Waals surface area contributed by atoms with Crippen LogP contribution in [0.1, 0.15) is 23.5 Å². The van der Waals surface area contributed by atoms with Crippen molar-refractivity contribution in [1.29, 1.82) is 0 Å². The van der Waals surface area contributed by atoms with E-state index in [-0.39, 0.29) is 12.1 Å². The SMILES string of the molecule is CCc1nnc(NC(=O)NC(Cn2cccn2)c2ccccc2)s1. The molecule has 3 aromatic rings. The van der Waals surface area contributed by atoms with Crippen LogP contribution in [0.15, 0.2) is 48.8 Å². The summed E-state index contributed by atoms with van der Waals surface area (Å²) >= 11 is 1.38. The van der Waals surface area contributed by atoms with Gasteiger partial charge in [-0.2, -0.15) is 5.10 Å². The zero-order valence-electron chi connectivity index (χ0n) is 13.2. The van der Waals surface area contributed by atoms with E-state index in [0.29, 0.717) is 11.7 Å². The lowest BCUT2D eigenvalue weighted by Gasteiger charge is -2.19. The maximum Gasteiger partial charge on any atom is 0.321 e. The van der Waals surface area contributed by atoms with Crippen LogP contribution in [0.25, 0.3) is 0 Å². The minimum absolute atomic E-state index is 0.204. The predicted molar refractivity (Wildman–Crippen MR) is 92.9 cm³/mol. The van der Waals surface area contributed by atoms with E-state index >= 15 is 0 Å². The van der Waals surface area contributed by atoms with Gasteiger partial charge in [0, 0.05) is 12.4 Å². The third kappa shape index (κ3) is 4.17. The molecule has 2 amide bonds. The van der Waals surface area contributed by atoms with Crippen molar-refractivity contribution in [3.8, 4) is 0 Å². The molecular weight excluding hydrogens is 324 g/mol. The molecule has 0 fully saturated rings. The number of anilines is 1. The Labute approximate surface area is 143 Å². The number of aryl methyl sites for hydroxylation is 1. The average molecular weight is 342 g/mol. The third-order valence-corrected chi connectivity index (χ3v) is 4.41. The highest BCUT2D eigenvalue weighted by Gasteiger charge is 2.16. The molecule has 0 aliphatic carbocycles. The van der Waals surface area contributed by atoms with E-state index in [4.69, 9.17) is 0 Å². The van der Waals surface area contributed by atoms with Gasteiger partial charge in [0.1, 0.15) is 5.01 Å². The number of carbonyl (C=O) groups excluding carboxylic acids is 1. The topological polar surface area (TPSA) is 84.7 Å². The molecule has 24 heavy (non-hydrogen) atoms. The third-order valence-electron chi connectivity index (χ3n) is 3.43. The number of hydrogen-bond donors (Lipinski definition) is 2. The van der Waals surface area contributed by atoms with Crippen LogP contribution in [0.3, 0.4) is 0 Å². The Balaban J connectivity index is 1.69. The van der Waals surface area contributed by atoms with E-state index in [9.17, 15) is 4.79 Å². The first kappa shape index (κ1) is 16.1. The van der Waals surface area contributed by atoms with Crippen LogP contribution in [0.2, 0.25) is 0 Å². The lowest BCUT2D eigenvalue weighted by Crippen LogP contribution is -2.34. The first-order valence-electron chi connectivity index (χ1n) is 7.67. The molecule has 1 aromatic carbocycles. The normalized spacial score (nSPS) is 11.9. The van der Waals surface area contributed by atoms with E-state index in [1.165, 1.54) is 11.3 Å². The molecule has 7 nitrogen and oxygen atoms in total. The summed E-state index contributed by atoms with van der Waals surface area (Å²) in [5.41, 5.74) is 1.01. The summed E-state index contributed by atoms with van der Waals surface area (Å²) in [4.78, 5) is 12.3. The number of urea groups is 1. The zero-order chi connectivity index (χ0) is 16.8. The van der Waals surface area contributed by atoms with Crippen LogP contribution in [-0.4, -0.2) is 26.0 Å². The minimum Gasteiger partial charge on any atom is -0.329 e. The van der Waals surface area contributed by atoms with Crippen LogP contribution >= 0.6 is 11.3 Å². The summed E-state index contributed by atoms with van der Waals surface area (Å²) in [7, 11) is 0. The summed E-state index contributed by atoms with van der Waals surface area (Å²) < 4.78 is 1.79. The Kier molecular flexibility index (Phi) is 5.17. The molecule has 0 bridgehead atoms. The zero-order valence-corrected chi connectivity index (χ0v) is 14.0. The number of hydrogen-bond acceptors (Lipinski definition) is 5. The molecular formula is C16H18N6OS. The number of rotatable bonds is 6. The summed E-state index contributed by atoms with van der Waals surface area (Å²) in [5, 5.41) is 19.3. The van der Waals surface area contributed by atoms with Gasteiger partial charge in [-0.25, -0.2) is 4.79 Å². The first-order valence-corrected chi connectivity index (χ1v) is 8.48. The summed E-state index contributed by atoms with van der Waals surface area (Å²) in [6.07, 6.45) is 4.39. The molecule has 0 radical (unpaired) electrons. The Morgan fingerprint density at radius 1 is 1.25 bits per heavy atom. The molecule has 1 atom stereocenters. The Morgan fingerprint density at radius 3 is 2.75 bits per heavy atom. The molecule has 124 valence electrons. The van der Waals surface area contributed by atoms with Gasteiger partial charge in [-0.15, -0.1) is 10.2 Å². The maximum atomic E-state index is 12.3. The van der Waals surface area contributed by atoms with E-state index < -0.39 is 0 Å². The highest BCUT2D eigenvalue weighted by Crippen LogP contribution is 2.17. The number of aromatic nitrogens is 4. The fraction of sp³-hybridized carbons (Fsp3) is 0.250. The van der Waals surface area contributed by atoms with E-state index in [1.54, 1.807) is 10.9 Å². The molecule has 8 heteroatoms. The molecule has 0 saturated carbocycles. The van der Waals surface area contributed by atoms with E-state index in [2.05, 4.69) is 25.9 Å². The van der Waals surface area contributed by atoms with Crippen LogP contribution in [0.4, 0.5) is 9.93 Å². The van der Waals surface area contributed by atoms with Gasteiger partial charge in [0.15, 0.2) is 0 Å². The smallest absolute Gasteiger partial charge is 0.321 e. The van der Waals surface area contributed by atoms with Crippen molar-refractivity contribution in [2.24, 2.45) is 0 Å². The summed E-state index contributed by atoms with van der Waals surface area (Å²) in [6.45, 7) is 2.54. The molecule has 2 heterocycles. The van der Waals surface area contributed by atoms with Gasteiger partial charge in [-0.05, 0) is 18.1 Å². The number of nitrogens with zero attached hydrogens (tertiary/aromatic N) is 4. The van der Waals surface area contributed by atoms with Gasteiger partial charge >= 0.3 is 6.03 Å². The number of benzene rings is 1. The maximum absolute atomic E-state index is 12.3. The van der Waals surface area contributed by atoms with Gasteiger partial charge in [-0.3, -0.25) is 10.00 Å². The fourth-order valence-electron chi connectivity index (χ4n) is 2.25. The van der Waals surface area contributed by atoms with Crippen molar-refractivity contribution >= 4 is 22.5 Å². The number of carbonyl (C=O) groups is 1. The second-order valence-corrected chi connectivity index (χ2v) is 6.21. The van der Waals surface area contributed by atoms with Crippen molar-refractivity contribution in [1.82, 2.24) is 25.3 Å². The van der Waals surface area contributed by atoms with Crippen molar-refractivity contribution in [3.05, 3.63) is 59.4 Å². The van der Waals surface area contributed by atoms with Gasteiger partial charge in [0.05, 0.1) is 12.6 Å². The highest BCUT2D eigenvalue weighted by atomic mass is 32.1. The van der Waals surface area contributed by atoms with Gasteiger partial charge in [0.25, 0.3) is 0 Å². The van der Waals surface area contributed by atoms with Crippen LogP contribution in [-0.2, 0) is 13.0 Å². The Morgan fingerprint density at radius 2 is 2.08 bits per heavy atom. The van der Waals surface area contributed by atoms with Crippen LogP contribution in [0, 0.1) is 0 Å². The first-order chi connectivity index (χ1) is 11.7. The summed E-state index contributed by atoms with van der Waals surface area (Å²) in [6, 6.07) is 11.1. The molecule has 2 aromatic heterocycles. The highest BCUT2D eigenvalue weighted by molar-refractivity contribution is 7.15. The van der Waals surface area contributed by atoms with Crippen molar-refractivity contribution in [3.63, 3.8) is 0 Å². The largest absolute Gasteiger partial charge is 0.329 e. The molecule has 0 spiro atoms.